The first-order chi connectivity index (χ1) is 18.7. The number of methoxy groups -OCH3 is 4. The van der Waals surface area contributed by atoms with Crippen molar-refractivity contribution < 1.29 is 38.4 Å². The van der Waals surface area contributed by atoms with E-state index in [1.54, 1.807) is 36.4 Å². The largest absolute Gasteiger partial charge is 0.507 e. The number of carbonyl (C=O) groups is 3. The van der Waals surface area contributed by atoms with Crippen LogP contribution in [-0.2, 0) is 14.3 Å². The van der Waals surface area contributed by atoms with Gasteiger partial charge in [-0.1, -0.05) is 41.4 Å². The van der Waals surface area contributed by atoms with Gasteiger partial charge in [0.25, 0.3) is 11.7 Å². The molecule has 1 aliphatic rings. The van der Waals surface area contributed by atoms with Crippen LogP contribution >= 0.6 is 23.2 Å². The lowest BCUT2D eigenvalue weighted by Gasteiger charge is -2.26. The van der Waals surface area contributed by atoms with Crippen LogP contribution in [0.3, 0.4) is 0 Å². The standard InChI is InChI=1S/C28H23Cl2NO8/c1-36-17-10-8-14(9-11-17)22-20(23(32)18-13-19(29)26(38-3)21(30)25(18)37-2)24(33)27(34)31(22)16-7-5-6-15(12-16)28(35)39-4/h5-13,22,32H,1-4H3/b23-20+. The summed E-state index contributed by atoms with van der Waals surface area (Å²) in [5.41, 5.74) is 0.612. The number of carbonyl (C=O) groups excluding carboxylic acids is 3. The summed E-state index contributed by atoms with van der Waals surface area (Å²) in [4.78, 5) is 40.4. The van der Waals surface area contributed by atoms with Crippen LogP contribution in [0.15, 0.2) is 60.2 Å². The van der Waals surface area contributed by atoms with Gasteiger partial charge in [0, 0.05) is 5.69 Å². The summed E-state index contributed by atoms with van der Waals surface area (Å²) in [6.45, 7) is 0. The first-order valence-electron chi connectivity index (χ1n) is 11.4. The van der Waals surface area contributed by atoms with Gasteiger partial charge in [0.2, 0.25) is 0 Å². The van der Waals surface area contributed by atoms with Crippen molar-refractivity contribution in [3.05, 3.63) is 86.9 Å². The molecule has 1 N–H and O–H groups in total. The Morgan fingerprint density at radius 2 is 1.56 bits per heavy atom. The van der Waals surface area contributed by atoms with E-state index in [4.69, 9.17) is 42.1 Å². The lowest BCUT2D eigenvalue weighted by Crippen LogP contribution is -2.29. The highest BCUT2D eigenvalue weighted by Crippen LogP contribution is 2.48. The zero-order valence-corrected chi connectivity index (χ0v) is 22.8. The summed E-state index contributed by atoms with van der Waals surface area (Å²) in [5, 5.41) is 11.6. The number of benzene rings is 3. The molecule has 1 fully saturated rings. The lowest BCUT2D eigenvalue weighted by molar-refractivity contribution is -0.132. The van der Waals surface area contributed by atoms with Gasteiger partial charge in [0.15, 0.2) is 11.5 Å². The van der Waals surface area contributed by atoms with E-state index in [0.717, 1.165) is 0 Å². The van der Waals surface area contributed by atoms with Crippen LogP contribution in [0.25, 0.3) is 5.76 Å². The molecule has 0 spiro atoms. The van der Waals surface area contributed by atoms with Crippen molar-refractivity contribution in [3.63, 3.8) is 0 Å². The molecule has 0 bridgehead atoms. The SMILES string of the molecule is COC(=O)c1cccc(N2C(=O)C(=O)/C(=C(/O)c3cc(Cl)c(OC)c(Cl)c3OC)C2c2ccc(OC)cc2)c1. The van der Waals surface area contributed by atoms with Crippen LogP contribution in [0.5, 0.6) is 17.2 Å². The Bertz CT molecular complexity index is 1500. The van der Waals surface area contributed by atoms with Crippen LogP contribution in [0.4, 0.5) is 5.69 Å². The van der Waals surface area contributed by atoms with Gasteiger partial charge in [0.05, 0.1) is 56.2 Å². The number of amides is 1. The molecular weight excluding hydrogens is 549 g/mol. The summed E-state index contributed by atoms with van der Waals surface area (Å²) in [5.74, 6) is -2.45. The van der Waals surface area contributed by atoms with Gasteiger partial charge in [0.1, 0.15) is 16.5 Å². The lowest BCUT2D eigenvalue weighted by atomic mass is 9.94. The van der Waals surface area contributed by atoms with E-state index in [1.807, 2.05) is 0 Å². The number of hydrogen-bond donors (Lipinski definition) is 1. The maximum absolute atomic E-state index is 13.5. The summed E-state index contributed by atoms with van der Waals surface area (Å²) >= 11 is 12.8. The molecule has 1 saturated heterocycles. The molecule has 0 aromatic heterocycles. The molecule has 11 heteroatoms. The molecule has 3 aromatic carbocycles. The highest BCUT2D eigenvalue weighted by Gasteiger charge is 2.47. The van der Waals surface area contributed by atoms with E-state index in [1.165, 1.54) is 51.5 Å². The minimum absolute atomic E-state index is 0.0113. The van der Waals surface area contributed by atoms with Gasteiger partial charge in [-0.15, -0.1) is 0 Å². The molecule has 0 aliphatic carbocycles. The van der Waals surface area contributed by atoms with Gasteiger partial charge in [-0.25, -0.2) is 4.79 Å². The topological polar surface area (TPSA) is 112 Å². The second-order valence-electron chi connectivity index (χ2n) is 8.27. The molecule has 3 aromatic rings. The number of anilines is 1. The molecule has 4 rings (SSSR count). The molecular formula is C28H23Cl2NO8. The monoisotopic (exact) mass is 571 g/mol. The number of ketones is 1. The molecule has 1 heterocycles. The summed E-state index contributed by atoms with van der Waals surface area (Å²) in [7, 11) is 5.42. The molecule has 1 atom stereocenters. The Labute approximate surface area is 234 Å². The van der Waals surface area contributed by atoms with Crippen molar-refractivity contribution in [1.82, 2.24) is 0 Å². The van der Waals surface area contributed by atoms with Crippen molar-refractivity contribution in [1.29, 1.82) is 0 Å². The van der Waals surface area contributed by atoms with Crippen molar-refractivity contribution >= 4 is 52.3 Å². The van der Waals surface area contributed by atoms with Crippen LogP contribution in [0.2, 0.25) is 10.0 Å². The minimum Gasteiger partial charge on any atom is -0.507 e. The van der Waals surface area contributed by atoms with Crippen LogP contribution in [0.1, 0.15) is 27.5 Å². The average Bonchev–Trinajstić information content (AvgIpc) is 3.22. The summed E-state index contributed by atoms with van der Waals surface area (Å²) in [6, 6.07) is 12.9. The first kappa shape index (κ1) is 27.8. The molecule has 1 unspecified atom stereocenters. The fourth-order valence-corrected chi connectivity index (χ4v) is 5.08. The predicted molar refractivity (Wildman–Crippen MR) is 145 cm³/mol. The normalized spacial score (nSPS) is 16.3. The van der Waals surface area contributed by atoms with Crippen molar-refractivity contribution in [2.75, 3.05) is 33.3 Å². The number of Topliss-reactive ketones (excluding diaryl/α,β-unsaturated/α-hetero) is 1. The smallest absolute Gasteiger partial charge is 0.337 e. The minimum atomic E-state index is -1.10. The maximum atomic E-state index is 13.5. The fraction of sp³-hybridized carbons (Fsp3) is 0.179. The van der Waals surface area contributed by atoms with Gasteiger partial charge in [-0.3, -0.25) is 14.5 Å². The van der Waals surface area contributed by atoms with Crippen LogP contribution < -0.4 is 19.1 Å². The molecule has 1 aliphatic heterocycles. The van der Waals surface area contributed by atoms with Crippen molar-refractivity contribution in [2.24, 2.45) is 0 Å². The summed E-state index contributed by atoms with van der Waals surface area (Å²) in [6.07, 6.45) is 0. The number of aliphatic hydroxyl groups is 1. The van der Waals surface area contributed by atoms with Gasteiger partial charge >= 0.3 is 5.97 Å². The van der Waals surface area contributed by atoms with E-state index >= 15 is 0 Å². The Hall–Kier alpha value is -4.21. The molecule has 0 radical (unpaired) electrons. The third-order valence-electron chi connectivity index (χ3n) is 6.22. The van der Waals surface area contributed by atoms with Gasteiger partial charge < -0.3 is 24.1 Å². The fourth-order valence-electron chi connectivity index (χ4n) is 4.39. The number of ether oxygens (including phenoxy) is 4. The Morgan fingerprint density at radius 1 is 0.897 bits per heavy atom. The number of halogens is 2. The van der Waals surface area contributed by atoms with E-state index in [2.05, 4.69) is 0 Å². The van der Waals surface area contributed by atoms with E-state index in [-0.39, 0.29) is 43.9 Å². The Kier molecular flexibility index (Phi) is 8.03. The zero-order valence-electron chi connectivity index (χ0n) is 21.3. The van der Waals surface area contributed by atoms with Gasteiger partial charge in [-0.2, -0.15) is 0 Å². The molecule has 202 valence electrons. The predicted octanol–water partition coefficient (Wildman–Crippen LogP) is 5.43. The van der Waals surface area contributed by atoms with E-state index in [0.29, 0.717) is 11.3 Å². The third kappa shape index (κ3) is 4.86. The second kappa shape index (κ2) is 11.3. The zero-order chi connectivity index (χ0) is 28.4. The average molecular weight is 572 g/mol. The number of nitrogens with zero attached hydrogens (tertiary/aromatic N) is 1. The van der Waals surface area contributed by atoms with Crippen LogP contribution in [-0.4, -0.2) is 51.2 Å². The van der Waals surface area contributed by atoms with Crippen molar-refractivity contribution in [2.45, 2.75) is 6.04 Å². The number of rotatable bonds is 7. The number of hydrogen-bond acceptors (Lipinski definition) is 8. The van der Waals surface area contributed by atoms with E-state index < -0.39 is 29.5 Å². The highest BCUT2D eigenvalue weighted by atomic mass is 35.5. The maximum Gasteiger partial charge on any atom is 0.337 e. The quantitative estimate of drug-likeness (QED) is 0.173. The molecule has 0 saturated carbocycles. The van der Waals surface area contributed by atoms with Crippen LogP contribution in [0, 0.1) is 0 Å². The molecule has 39 heavy (non-hydrogen) atoms. The number of esters is 1. The Balaban J connectivity index is 2.00. The highest BCUT2D eigenvalue weighted by molar-refractivity contribution is 6.52. The Morgan fingerprint density at radius 3 is 2.15 bits per heavy atom. The number of aliphatic hydroxyl groups excluding tert-OH is 1. The van der Waals surface area contributed by atoms with Crippen molar-refractivity contribution in [3.8, 4) is 17.2 Å². The molecule has 9 nitrogen and oxygen atoms in total. The third-order valence-corrected chi connectivity index (χ3v) is 6.84. The second-order valence-corrected chi connectivity index (χ2v) is 9.06. The summed E-state index contributed by atoms with van der Waals surface area (Å²) < 4.78 is 20.7. The molecule has 1 amide bonds. The van der Waals surface area contributed by atoms with Gasteiger partial charge in [-0.05, 0) is 42.0 Å². The first-order valence-corrected chi connectivity index (χ1v) is 12.2. The van der Waals surface area contributed by atoms with E-state index in [9.17, 15) is 19.5 Å².